The van der Waals surface area contributed by atoms with Crippen molar-refractivity contribution in [3.05, 3.63) is 0 Å². The van der Waals surface area contributed by atoms with Crippen LogP contribution in [0.2, 0.25) is 0 Å². The molecule has 0 spiro atoms. The Bertz CT molecular complexity index is 249. The summed E-state index contributed by atoms with van der Waals surface area (Å²) in [4.78, 5) is 0. The average Bonchev–Trinajstić information content (AvgIpc) is 2.08. The summed E-state index contributed by atoms with van der Waals surface area (Å²) in [6.45, 7) is 0. The Kier molecular flexibility index (Phi) is 3.52. The Morgan fingerprint density at radius 2 is 1.70 bits per heavy atom. The van der Waals surface area contributed by atoms with Gasteiger partial charge in [0, 0.05) is 0 Å². The smallest absolute Gasteiger partial charge is 1.00 e. The molecule has 0 atom stereocenters. The van der Waals surface area contributed by atoms with Gasteiger partial charge in [-0.2, -0.15) is 8.42 Å². The fourth-order valence-corrected chi connectivity index (χ4v) is 0.599. The quantitative estimate of drug-likeness (QED) is 0.340. The third-order valence-electron chi connectivity index (χ3n) is 0.607. The molecule has 0 fully saturated rings. The van der Waals surface area contributed by atoms with Crippen molar-refractivity contribution in [3.63, 3.8) is 0 Å². The van der Waals surface area contributed by atoms with Crippen molar-refractivity contribution in [2.45, 2.75) is 5.50 Å². The van der Waals surface area contributed by atoms with E-state index in [1.165, 1.54) is 0 Å². The molecule has 0 amide bonds. The Labute approximate surface area is 80.1 Å². The van der Waals surface area contributed by atoms with E-state index in [0.29, 0.717) is 0 Å². The Balaban J connectivity index is 0. The Morgan fingerprint density at radius 3 is 1.90 bits per heavy atom. The van der Waals surface area contributed by atoms with Crippen LogP contribution in [-0.4, -0.2) is 18.5 Å². The largest absolute Gasteiger partial charge is 1.00 e. The summed E-state index contributed by atoms with van der Waals surface area (Å²) in [5.41, 5.74) is -1.54. The molecule has 0 aromatic carbocycles. The Morgan fingerprint density at radius 1 is 1.30 bits per heavy atom. The van der Waals surface area contributed by atoms with Gasteiger partial charge in [0.2, 0.25) is 0 Å². The van der Waals surface area contributed by atoms with Crippen LogP contribution in [0.15, 0.2) is 20.7 Å². The molecule has 0 bridgehead atoms. The number of hydrogen-bond donors (Lipinski definition) is 1. The minimum absolute atomic E-state index is 0. The minimum atomic E-state index is -4.22. The van der Waals surface area contributed by atoms with E-state index < -0.39 is 15.6 Å². The molecule has 10 heavy (non-hydrogen) atoms. The summed E-state index contributed by atoms with van der Waals surface area (Å²) < 4.78 is 28.3. The van der Waals surface area contributed by atoms with Crippen LogP contribution >= 0.6 is 0 Å². The fourth-order valence-electron chi connectivity index (χ4n) is 0.277. The van der Waals surface area contributed by atoms with Gasteiger partial charge in [0.15, 0.2) is 0 Å². The molecule has 0 saturated heterocycles. The van der Waals surface area contributed by atoms with E-state index in [9.17, 15) is 8.42 Å². The SMILES string of the molecule is O=S(=O)(O)C1N=NN=N1.[H-].[Na+]. The first kappa shape index (κ1) is 10.1. The maximum Gasteiger partial charge on any atom is 1.00 e. The third-order valence-corrected chi connectivity index (χ3v) is 1.33. The normalized spacial score (nSPS) is 17.3. The van der Waals surface area contributed by atoms with Crippen molar-refractivity contribution in [3.8, 4) is 0 Å². The summed E-state index contributed by atoms with van der Waals surface area (Å²) in [6.07, 6.45) is 0. The first-order valence-electron chi connectivity index (χ1n) is 1.87. The third kappa shape index (κ3) is 2.39. The van der Waals surface area contributed by atoms with E-state index in [2.05, 4.69) is 20.7 Å². The molecule has 1 rings (SSSR count). The van der Waals surface area contributed by atoms with Gasteiger partial charge >= 0.3 is 45.2 Å². The molecule has 0 unspecified atom stereocenters. The molecule has 9 heteroatoms. The summed E-state index contributed by atoms with van der Waals surface area (Å²) >= 11 is 0. The minimum Gasteiger partial charge on any atom is -1.00 e. The summed E-state index contributed by atoms with van der Waals surface area (Å²) in [5.74, 6) is 0. The Hall–Kier alpha value is 0.110. The molecule has 1 aliphatic rings. The standard InChI is InChI=1S/CH2N4O3S.Na.H/c6-9(7,8)1-2-4-5-3-1;;/h1H,(H,6,7,8);;/q;+1;-1. The summed E-state index contributed by atoms with van der Waals surface area (Å²) in [7, 11) is -4.22. The van der Waals surface area contributed by atoms with E-state index >= 15 is 0 Å². The average molecular weight is 174 g/mol. The van der Waals surface area contributed by atoms with Crippen LogP contribution in [0.1, 0.15) is 1.43 Å². The molecule has 52 valence electrons. The second-order valence-electron chi connectivity index (χ2n) is 1.25. The maximum atomic E-state index is 10.1. The van der Waals surface area contributed by atoms with E-state index in [-0.39, 0.29) is 31.0 Å². The fraction of sp³-hybridized carbons (Fsp3) is 1.00. The van der Waals surface area contributed by atoms with Crippen LogP contribution in [0.25, 0.3) is 0 Å². The maximum absolute atomic E-state index is 10.1. The zero-order valence-corrected chi connectivity index (χ0v) is 7.85. The van der Waals surface area contributed by atoms with Crippen molar-refractivity contribution < 1.29 is 44.0 Å². The first-order chi connectivity index (χ1) is 4.11. The molecule has 7 nitrogen and oxygen atoms in total. The monoisotopic (exact) mass is 174 g/mol. The molecule has 1 heterocycles. The second-order valence-corrected chi connectivity index (χ2v) is 2.70. The second kappa shape index (κ2) is 3.49. The van der Waals surface area contributed by atoms with Crippen LogP contribution in [0.5, 0.6) is 0 Å². The van der Waals surface area contributed by atoms with Gasteiger partial charge in [0.1, 0.15) is 0 Å². The first-order valence-corrected chi connectivity index (χ1v) is 3.37. The summed E-state index contributed by atoms with van der Waals surface area (Å²) in [5, 5.41) is 11.7. The topological polar surface area (TPSA) is 104 Å². The van der Waals surface area contributed by atoms with Crippen LogP contribution in [0.4, 0.5) is 0 Å². The van der Waals surface area contributed by atoms with Crippen LogP contribution < -0.4 is 29.6 Å². The molecule has 0 aromatic heterocycles. The predicted octanol–water partition coefficient (Wildman–Crippen LogP) is -2.89. The molecule has 0 radical (unpaired) electrons. The van der Waals surface area contributed by atoms with Gasteiger partial charge in [0.25, 0.3) is 0 Å². The van der Waals surface area contributed by atoms with Gasteiger partial charge < -0.3 is 1.43 Å². The number of nitrogens with zero attached hydrogens (tertiary/aromatic N) is 4. The predicted molar refractivity (Wildman–Crippen MR) is 26.2 cm³/mol. The molecule has 0 aliphatic carbocycles. The van der Waals surface area contributed by atoms with Crippen LogP contribution in [0, 0.1) is 0 Å². The molecule has 0 saturated carbocycles. The van der Waals surface area contributed by atoms with Gasteiger partial charge in [-0.3, -0.25) is 4.55 Å². The van der Waals surface area contributed by atoms with E-state index in [1.807, 2.05) is 0 Å². The molecular formula is CH3N4NaO3S. The van der Waals surface area contributed by atoms with Gasteiger partial charge in [-0.05, 0) is 10.4 Å². The van der Waals surface area contributed by atoms with Gasteiger partial charge in [-0.25, -0.2) is 0 Å². The van der Waals surface area contributed by atoms with Crippen molar-refractivity contribution in [2.75, 3.05) is 0 Å². The van der Waals surface area contributed by atoms with Crippen molar-refractivity contribution >= 4 is 10.1 Å². The zero-order valence-electron chi connectivity index (χ0n) is 6.04. The van der Waals surface area contributed by atoms with E-state index in [0.717, 1.165) is 0 Å². The van der Waals surface area contributed by atoms with Crippen molar-refractivity contribution in [1.82, 2.24) is 0 Å². The van der Waals surface area contributed by atoms with Crippen LogP contribution in [0.3, 0.4) is 0 Å². The molecule has 1 N–H and O–H groups in total. The summed E-state index contributed by atoms with van der Waals surface area (Å²) in [6, 6.07) is 0. The van der Waals surface area contributed by atoms with E-state index in [1.54, 1.807) is 0 Å². The number of hydrogen-bond acceptors (Lipinski definition) is 6. The van der Waals surface area contributed by atoms with Crippen LogP contribution in [-0.2, 0) is 10.1 Å². The van der Waals surface area contributed by atoms with E-state index in [4.69, 9.17) is 4.55 Å². The molecule has 1 aliphatic heterocycles. The van der Waals surface area contributed by atoms with Gasteiger partial charge in [-0.15, -0.1) is 10.2 Å². The zero-order chi connectivity index (χ0) is 6.91. The van der Waals surface area contributed by atoms with Gasteiger partial charge in [-0.1, -0.05) is 0 Å². The number of rotatable bonds is 1. The van der Waals surface area contributed by atoms with Crippen molar-refractivity contribution in [1.29, 1.82) is 0 Å². The van der Waals surface area contributed by atoms with Crippen molar-refractivity contribution in [2.24, 2.45) is 20.7 Å². The molecular weight excluding hydrogens is 171 g/mol. The molecule has 0 aromatic rings. The van der Waals surface area contributed by atoms with Gasteiger partial charge in [0.05, 0.1) is 0 Å².